The van der Waals surface area contributed by atoms with Crippen molar-refractivity contribution >= 4 is 38.6 Å². The molecule has 1 N–H and O–H groups in total. The molecule has 0 bridgehead atoms. The molecule has 0 radical (unpaired) electrons. The van der Waals surface area contributed by atoms with Crippen LogP contribution in [-0.2, 0) is 6.54 Å². The summed E-state index contributed by atoms with van der Waals surface area (Å²) in [5.41, 5.74) is 0. The predicted octanol–water partition coefficient (Wildman–Crippen LogP) is 4.13. The van der Waals surface area contributed by atoms with Crippen molar-refractivity contribution in [2.24, 2.45) is 0 Å². The summed E-state index contributed by atoms with van der Waals surface area (Å²) in [4.78, 5) is 7.08. The van der Waals surface area contributed by atoms with Gasteiger partial charge in [-0.25, -0.2) is 4.98 Å². The quantitative estimate of drug-likeness (QED) is 0.917. The van der Waals surface area contributed by atoms with Crippen molar-refractivity contribution in [3.63, 3.8) is 0 Å². The van der Waals surface area contributed by atoms with E-state index in [-0.39, 0.29) is 0 Å². The number of halogens is 1. The lowest BCUT2D eigenvalue weighted by Crippen LogP contribution is -2.17. The molecular weight excluding hydrogens is 304 g/mol. The van der Waals surface area contributed by atoms with E-state index in [1.54, 1.807) is 11.3 Å². The molecule has 86 valence electrons. The molecule has 1 unspecified atom stereocenters. The minimum Gasteiger partial charge on any atom is -0.303 e. The molecule has 0 saturated heterocycles. The minimum absolute atomic E-state index is 0.304. The van der Waals surface area contributed by atoms with Crippen molar-refractivity contribution in [1.82, 2.24) is 10.3 Å². The Labute approximate surface area is 112 Å². The summed E-state index contributed by atoms with van der Waals surface area (Å²) in [6, 6.07) is 4.64. The smallest absolute Gasteiger partial charge is 0.110 e. The maximum absolute atomic E-state index is 4.35. The largest absolute Gasteiger partial charge is 0.303 e. The van der Waals surface area contributed by atoms with Gasteiger partial charge in [0.15, 0.2) is 0 Å². The Kier molecular flexibility index (Phi) is 4.13. The molecule has 0 fully saturated rings. The number of nitrogens with zero attached hydrogens (tertiary/aromatic N) is 1. The van der Waals surface area contributed by atoms with Crippen LogP contribution in [0.3, 0.4) is 0 Å². The first-order valence-electron chi connectivity index (χ1n) is 5.05. The van der Waals surface area contributed by atoms with Crippen molar-refractivity contribution < 1.29 is 0 Å². The van der Waals surface area contributed by atoms with Gasteiger partial charge in [0.25, 0.3) is 0 Å². The maximum atomic E-state index is 4.35. The molecule has 0 aliphatic carbocycles. The van der Waals surface area contributed by atoms with Crippen LogP contribution in [0.4, 0.5) is 0 Å². The van der Waals surface area contributed by atoms with Crippen LogP contribution in [0.25, 0.3) is 0 Å². The molecule has 0 aliphatic rings. The van der Waals surface area contributed by atoms with Crippen molar-refractivity contribution in [2.45, 2.75) is 26.4 Å². The normalized spacial score (nSPS) is 12.9. The Morgan fingerprint density at radius 3 is 2.81 bits per heavy atom. The van der Waals surface area contributed by atoms with Gasteiger partial charge >= 0.3 is 0 Å². The topological polar surface area (TPSA) is 24.9 Å². The second-order valence-electron chi connectivity index (χ2n) is 3.62. The van der Waals surface area contributed by atoms with E-state index in [0.29, 0.717) is 6.04 Å². The first-order valence-corrected chi connectivity index (χ1v) is 7.47. The average molecular weight is 317 g/mol. The van der Waals surface area contributed by atoms with Crippen molar-refractivity contribution in [3.8, 4) is 0 Å². The van der Waals surface area contributed by atoms with Crippen LogP contribution in [0.2, 0.25) is 0 Å². The number of aromatic nitrogens is 1. The van der Waals surface area contributed by atoms with Crippen molar-refractivity contribution in [3.05, 3.63) is 36.9 Å². The molecule has 0 spiro atoms. The lowest BCUT2D eigenvalue weighted by atomic mass is 10.3. The summed E-state index contributed by atoms with van der Waals surface area (Å²) >= 11 is 6.95. The highest BCUT2D eigenvalue weighted by Crippen LogP contribution is 2.24. The number of aryl methyl sites for hydroxylation is 1. The fourth-order valence-corrected chi connectivity index (χ4v) is 3.50. The number of thiazole rings is 1. The SMILES string of the molecule is Cc1ccc(CNC(C)c2ncc(Br)s2)s1. The first kappa shape index (κ1) is 12.2. The summed E-state index contributed by atoms with van der Waals surface area (Å²) in [6.45, 7) is 5.19. The van der Waals surface area contributed by atoms with Crippen molar-refractivity contribution in [1.29, 1.82) is 0 Å². The number of nitrogens with one attached hydrogen (secondary N) is 1. The van der Waals surface area contributed by atoms with Gasteiger partial charge in [-0.1, -0.05) is 0 Å². The van der Waals surface area contributed by atoms with Crippen LogP contribution in [0, 0.1) is 6.92 Å². The Hall–Kier alpha value is -0.230. The Bertz CT molecular complexity index is 464. The summed E-state index contributed by atoms with van der Waals surface area (Å²) in [7, 11) is 0. The molecule has 2 aromatic rings. The zero-order chi connectivity index (χ0) is 11.5. The van der Waals surface area contributed by atoms with E-state index in [1.807, 2.05) is 17.5 Å². The molecular formula is C11H13BrN2S2. The third-order valence-electron chi connectivity index (χ3n) is 2.24. The van der Waals surface area contributed by atoms with Gasteiger partial charge in [-0.05, 0) is 41.9 Å². The number of hydrogen-bond acceptors (Lipinski definition) is 4. The molecule has 0 amide bonds. The van der Waals surface area contributed by atoms with Gasteiger partial charge in [-0.15, -0.1) is 22.7 Å². The van der Waals surface area contributed by atoms with Crippen LogP contribution in [0.15, 0.2) is 22.1 Å². The Morgan fingerprint density at radius 2 is 2.25 bits per heavy atom. The standard InChI is InChI=1S/C11H13BrN2S2/c1-7-3-4-9(15-7)5-13-8(2)11-14-6-10(12)16-11/h3-4,6,8,13H,5H2,1-2H3. The molecule has 2 nitrogen and oxygen atoms in total. The van der Waals surface area contributed by atoms with E-state index in [1.165, 1.54) is 9.75 Å². The van der Waals surface area contributed by atoms with E-state index < -0.39 is 0 Å². The predicted molar refractivity (Wildman–Crippen MR) is 74.1 cm³/mol. The van der Waals surface area contributed by atoms with Crippen LogP contribution in [-0.4, -0.2) is 4.98 Å². The highest BCUT2D eigenvalue weighted by atomic mass is 79.9. The number of rotatable bonds is 4. The lowest BCUT2D eigenvalue weighted by molar-refractivity contribution is 0.576. The number of thiophene rings is 1. The van der Waals surface area contributed by atoms with Gasteiger partial charge in [0.1, 0.15) is 5.01 Å². The molecule has 0 saturated carbocycles. The molecule has 1 atom stereocenters. The second-order valence-corrected chi connectivity index (χ2v) is 7.43. The molecule has 0 aliphatic heterocycles. The summed E-state index contributed by atoms with van der Waals surface area (Å²) < 4.78 is 1.09. The highest BCUT2D eigenvalue weighted by Gasteiger charge is 2.09. The van der Waals surface area contributed by atoms with Crippen molar-refractivity contribution in [2.75, 3.05) is 0 Å². The molecule has 2 rings (SSSR count). The van der Waals surface area contributed by atoms with Gasteiger partial charge < -0.3 is 5.32 Å². The van der Waals surface area contributed by atoms with E-state index in [4.69, 9.17) is 0 Å². The monoisotopic (exact) mass is 316 g/mol. The summed E-state index contributed by atoms with van der Waals surface area (Å²) in [5.74, 6) is 0. The fourth-order valence-electron chi connectivity index (χ4n) is 1.39. The Balaban J connectivity index is 1.91. The van der Waals surface area contributed by atoms with Crippen LogP contribution in [0.1, 0.15) is 27.7 Å². The molecule has 16 heavy (non-hydrogen) atoms. The van der Waals surface area contributed by atoms with Crippen LogP contribution >= 0.6 is 38.6 Å². The fraction of sp³-hybridized carbons (Fsp3) is 0.364. The molecule has 0 aromatic carbocycles. The van der Waals surface area contributed by atoms with Gasteiger partial charge in [-0.3, -0.25) is 0 Å². The zero-order valence-corrected chi connectivity index (χ0v) is 12.4. The van der Waals surface area contributed by atoms with Crippen LogP contribution in [0.5, 0.6) is 0 Å². The third-order valence-corrected chi connectivity index (χ3v) is 4.90. The first-order chi connectivity index (χ1) is 7.65. The minimum atomic E-state index is 0.304. The van der Waals surface area contributed by atoms with Gasteiger partial charge in [0.2, 0.25) is 0 Å². The average Bonchev–Trinajstić information content (AvgIpc) is 2.84. The lowest BCUT2D eigenvalue weighted by Gasteiger charge is -2.09. The number of hydrogen-bond donors (Lipinski definition) is 1. The maximum Gasteiger partial charge on any atom is 0.110 e. The summed E-state index contributed by atoms with van der Waals surface area (Å²) in [6.07, 6.45) is 1.85. The second kappa shape index (κ2) is 5.40. The van der Waals surface area contributed by atoms with Gasteiger partial charge in [0.05, 0.1) is 16.0 Å². The molecule has 2 heterocycles. The molecule has 5 heteroatoms. The van der Waals surface area contributed by atoms with E-state index >= 15 is 0 Å². The third kappa shape index (κ3) is 3.13. The van der Waals surface area contributed by atoms with E-state index in [2.05, 4.69) is 52.2 Å². The zero-order valence-electron chi connectivity index (χ0n) is 9.16. The molecule has 2 aromatic heterocycles. The summed E-state index contributed by atoms with van der Waals surface area (Å²) in [5, 5.41) is 4.60. The van der Waals surface area contributed by atoms with E-state index in [9.17, 15) is 0 Å². The highest BCUT2D eigenvalue weighted by molar-refractivity contribution is 9.11. The van der Waals surface area contributed by atoms with Gasteiger partial charge in [0, 0.05) is 16.3 Å². The Morgan fingerprint density at radius 1 is 1.44 bits per heavy atom. The van der Waals surface area contributed by atoms with E-state index in [0.717, 1.165) is 15.3 Å². The van der Waals surface area contributed by atoms with Gasteiger partial charge in [-0.2, -0.15) is 0 Å². The van der Waals surface area contributed by atoms with Crippen LogP contribution < -0.4 is 5.32 Å².